The molecule has 0 aromatic heterocycles. The fourth-order valence-electron chi connectivity index (χ4n) is 2.90. The molecule has 0 amide bonds. The van der Waals surface area contributed by atoms with Crippen LogP contribution in [0.4, 0.5) is 0 Å². The van der Waals surface area contributed by atoms with Crippen molar-refractivity contribution in [2.75, 3.05) is 6.66 Å². The predicted molar refractivity (Wildman–Crippen MR) is 83.7 cm³/mol. The molecular weight excluding hydrogens is 256 g/mol. The Morgan fingerprint density at radius 3 is 2.21 bits per heavy atom. The summed E-state index contributed by atoms with van der Waals surface area (Å²) in [5, 5.41) is 0. The first kappa shape index (κ1) is 17.4. The third-order valence-electron chi connectivity index (χ3n) is 3.79. The van der Waals surface area contributed by atoms with Gasteiger partial charge in [0.15, 0.2) is 0 Å². The van der Waals surface area contributed by atoms with E-state index >= 15 is 0 Å². The minimum Gasteiger partial charge on any atom is -0.382 e. The zero-order chi connectivity index (χ0) is 14.7. The van der Waals surface area contributed by atoms with Crippen LogP contribution in [-0.4, -0.2) is 49.5 Å². The summed E-state index contributed by atoms with van der Waals surface area (Å²) in [7, 11) is 5.38. The Labute approximate surface area is 121 Å². The highest BCUT2D eigenvalue weighted by Crippen LogP contribution is 2.46. The largest absolute Gasteiger partial charge is 0.382 e. The molecule has 1 aliphatic rings. The predicted octanol–water partition coefficient (Wildman–Crippen LogP) is 3.37. The van der Waals surface area contributed by atoms with Crippen LogP contribution in [-0.2, 0) is 9.26 Å². The van der Waals surface area contributed by atoms with Crippen LogP contribution < -0.4 is 0 Å². The second-order valence-corrected chi connectivity index (χ2v) is 7.61. The third-order valence-corrected chi connectivity index (χ3v) is 5.92. The van der Waals surface area contributed by atoms with Crippen molar-refractivity contribution in [2.24, 2.45) is 5.92 Å². The molecule has 1 heterocycles. The van der Waals surface area contributed by atoms with E-state index in [-0.39, 0.29) is 24.1 Å². The lowest BCUT2D eigenvalue weighted by Gasteiger charge is -2.37. The van der Waals surface area contributed by atoms with Crippen LogP contribution in [0.15, 0.2) is 0 Å². The van der Waals surface area contributed by atoms with E-state index in [0.717, 1.165) is 6.42 Å². The summed E-state index contributed by atoms with van der Waals surface area (Å²) in [6, 6.07) is 0.787. The number of ether oxygens (including phenoxy) is 1. The molecule has 1 rings (SSSR count). The van der Waals surface area contributed by atoms with E-state index in [1.54, 1.807) is 0 Å². The van der Waals surface area contributed by atoms with Crippen molar-refractivity contribution >= 4 is 16.1 Å². The Morgan fingerprint density at radius 2 is 1.79 bits per heavy atom. The van der Waals surface area contributed by atoms with Crippen molar-refractivity contribution < 1.29 is 9.26 Å². The molecule has 1 saturated heterocycles. The first-order valence-corrected chi connectivity index (χ1v) is 9.05. The monoisotopic (exact) mass is 285 g/mol. The van der Waals surface area contributed by atoms with Crippen LogP contribution in [0.2, 0.25) is 0 Å². The molecule has 0 saturated carbocycles. The first-order valence-electron chi connectivity index (χ1n) is 7.39. The summed E-state index contributed by atoms with van der Waals surface area (Å²) in [5.41, 5.74) is 0. The Bertz CT molecular complexity index is 270. The van der Waals surface area contributed by atoms with Crippen molar-refractivity contribution in [1.29, 1.82) is 0 Å². The van der Waals surface area contributed by atoms with Gasteiger partial charge in [-0.15, -0.1) is 0 Å². The van der Waals surface area contributed by atoms with Crippen LogP contribution >= 0.6 is 8.30 Å². The summed E-state index contributed by atoms with van der Waals surface area (Å²) in [5.74, 6) is 0.260. The Hall–Kier alpha value is 0.375. The molecule has 5 heteroatoms. The van der Waals surface area contributed by atoms with Crippen molar-refractivity contribution in [2.45, 2.75) is 78.3 Å². The lowest BCUT2D eigenvalue weighted by Crippen LogP contribution is -2.36. The maximum atomic E-state index is 6.37. The lowest BCUT2D eigenvalue weighted by atomic mass is 9.86. The van der Waals surface area contributed by atoms with E-state index in [9.17, 15) is 0 Å². The van der Waals surface area contributed by atoms with E-state index in [4.69, 9.17) is 17.1 Å². The molecule has 19 heavy (non-hydrogen) atoms. The van der Waals surface area contributed by atoms with E-state index in [1.165, 1.54) is 0 Å². The normalized spacial score (nSPS) is 33.6. The summed E-state index contributed by atoms with van der Waals surface area (Å²) in [4.78, 5) is 0. The maximum Gasteiger partial charge on any atom is 0.109 e. The SMILES string of the molecule is [B]C1OC(CC)C(OP(C)N(C(C)C)C(C)C)C1C. The van der Waals surface area contributed by atoms with Crippen molar-refractivity contribution in [3.05, 3.63) is 0 Å². The molecule has 3 nitrogen and oxygen atoms in total. The molecule has 0 N–H and O–H groups in total. The number of hydrogen-bond donors (Lipinski definition) is 0. The van der Waals surface area contributed by atoms with Crippen LogP contribution in [0.3, 0.4) is 0 Å². The Kier molecular flexibility index (Phi) is 6.79. The number of nitrogens with zero attached hydrogens (tertiary/aromatic N) is 1. The topological polar surface area (TPSA) is 21.7 Å². The van der Waals surface area contributed by atoms with Gasteiger partial charge in [0, 0.05) is 24.0 Å². The lowest BCUT2D eigenvalue weighted by molar-refractivity contribution is 0.0403. The molecule has 0 spiro atoms. The number of rotatable bonds is 6. The molecule has 1 fully saturated rings. The van der Waals surface area contributed by atoms with Crippen molar-refractivity contribution in [1.82, 2.24) is 4.67 Å². The fourth-order valence-corrected chi connectivity index (χ4v) is 4.99. The Morgan fingerprint density at radius 1 is 1.26 bits per heavy atom. The molecular formula is C14H29BNO2P. The van der Waals surface area contributed by atoms with E-state index in [2.05, 4.69) is 52.9 Å². The second-order valence-electron chi connectivity index (χ2n) is 6.01. The van der Waals surface area contributed by atoms with Gasteiger partial charge in [-0.1, -0.05) is 13.8 Å². The smallest absolute Gasteiger partial charge is 0.109 e. The fraction of sp³-hybridized carbons (Fsp3) is 1.00. The summed E-state index contributed by atoms with van der Waals surface area (Å²) < 4.78 is 14.6. The minimum absolute atomic E-state index is 0.121. The zero-order valence-electron chi connectivity index (χ0n) is 13.5. The molecule has 0 aliphatic carbocycles. The van der Waals surface area contributed by atoms with Gasteiger partial charge in [-0.25, -0.2) is 0 Å². The Balaban J connectivity index is 2.71. The van der Waals surface area contributed by atoms with Crippen LogP contribution in [0.1, 0.15) is 48.0 Å². The molecule has 5 unspecified atom stereocenters. The van der Waals surface area contributed by atoms with Gasteiger partial charge >= 0.3 is 0 Å². The molecule has 0 aromatic rings. The number of hydrogen-bond acceptors (Lipinski definition) is 3. The van der Waals surface area contributed by atoms with Gasteiger partial charge in [-0.3, -0.25) is 4.67 Å². The van der Waals surface area contributed by atoms with Gasteiger partial charge in [-0.2, -0.15) is 0 Å². The van der Waals surface area contributed by atoms with Crippen molar-refractivity contribution in [3.63, 3.8) is 0 Å². The van der Waals surface area contributed by atoms with Gasteiger partial charge in [0.2, 0.25) is 0 Å². The second kappa shape index (κ2) is 7.40. The standard InChI is InChI=1S/C14H29BNO2P/c1-8-12-13(11(6)14(15)17-12)18-19(7)16(9(2)3)10(4)5/h9-14H,8H2,1-7H3. The van der Waals surface area contributed by atoms with Gasteiger partial charge in [0.05, 0.1) is 12.2 Å². The van der Waals surface area contributed by atoms with Crippen molar-refractivity contribution in [3.8, 4) is 0 Å². The van der Waals surface area contributed by atoms with E-state index in [1.807, 2.05) is 0 Å². The van der Waals surface area contributed by atoms with Crippen LogP contribution in [0.25, 0.3) is 0 Å². The molecule has 110 valence electrons. The first-order chi connectivity index (χ1) is 8.79. The van der Waals surface area contributed by atoms with E-state index < -0.39 is 8.30 Å². The van der Waals surface area contributed by atoms with Gasteiger partial charge in [0.25, 0.3) is 0 Å². The molecule has 0 aromatic carbocycles. The highest BCUT2D eigenvalue weighted by Gasteiger charge is 2.40. The van der Waals surface area contributed by atoms with Gasteiger partial charge in [-0.05, 0) is 40.8 Å². The van der Waals surface area contributed by atoms with E-state index in [0.29, 0.717) is 12.1 Å². The zero-order valence-corrected chi connectivity index (χ0v) is 14.4. The summed E-state index contributed by atoms with van der Waals surface area (Å²) in [6.45, 7) is 15.3. The molecule has 2 radical (unpaired) electrons. The third kappa shape index (κ3) is 4.17. The summed E-state index contributed by atoms with van der Waals surface area (Å²) in [6.07, 6.45) is 1.21. The molecule has 0 bridgehead atoms. The van der Waals surface area contributed by atoms with Crippen LogP contribution in [0, 0.1) is 5.92 Å². The average Bonchev–Trinajstić information content (AvgIpc) is 2.55. The van der Waals surface area contributed by atoms with Gasteiger partial charge < -0.3 is 9.26 Å². The molecule has 5 atom stereocenters. The summed E-state index contributed by atoms with van der Waals surface area (Å²) >= 11 is 0. The highest BCUT2D eigenvalue weighted by molar-refractivity contribution is 7.49. The van der Waals surface area contributed by atoms with Crippen LogP contribution in [0.5, 0.6) is 0 Å². The minimum atomic E-state index is -0.614. The highest BCUT2D eigenvalue weighted by atomic mass is 31.2. The quantitative estimate of drug-likeness (QED) is 0.551. The van der Waals surface area contributed by atoms with Gasteiger partial charge in [0.1, 0.15) is 16.1 Å². The maximum absolute atomic E-state index is 6.37. The molecule has 1 aliphatic heterocycles. The average molecular weight is 285 g/mol.